The predicted molar refractivity (Wildman–Crippen MR) is 251 cm³/mol. The summed E-state index contributed by atoms with van der Waals surface area (Å²) < 4.78 is 17.2. The summed E-state index contributed by atoms with van der Waals surface area (Å²) in [5, 5.41) is 0. The van der Waals surface area contributed by atoms with Crippen LogP contribution in [0.4, 0.5) is 0 Å². The Balaban J connectivity index is 4.33. The van der Waals surface area contributed by atoms with E-state index in [9.17, 15) is 9.59 Å². The zero-order chi connectivity index (χ0) is 42.1. The highest BCUT2D eigenvalue weighted by molar-refractivity contribution is 5.70. The third kappa shape index (κ3) is 45.8. The van der Waals surface area contributed by atoms with Crippen LogP contribution in [0, 0.1) is 0 Å². The van der Waals surface area contributed by atoms with Gasteiger partial charge in [0, 0.05) is 19.4 Å². The molecule has 0 saturated heterocycles. The molecule has 0 aromatic heterocycles. The van der Waals surface area contributed by atoms with Crippen LogP contribution >= 0.6 is 0 Å². The minimum atomic E-state index is -0.569. The maximum absolute atomic E-state index is 12.7. The number of rotatable bonds is 43. The number of carbonyl (C=O) groups is 2. The molecule has 0 N–H and O–H groups in total. The Kier molecular flexibility index (Phi) is 46.0. The standard InChI is InChI=1S/C53H90O5/c1-4-7-10-13-16-19-21-23-24-25-26-27-28-29-31-33-36-39-42-45-48-56-49-51(58-53(55)47-44-41-38-34-18-15-12-9-6-3)50-57-52(54)46-43-40-37-35-32-30-22-20-17-14-11-8-5-2/h7,10,16,19-20,22-24,26-27,29,31,36,39,51H,4-6,8-9,11-15,17-18,21,25,28,30,32-35,37-38,40-50H2,1-3H3/b10-7-,19-16-,22-20-,24-23-,27-26-,31-29-,39-36-. The van der Waals surface area contributed by atoms with Crippen LogP contribution in [-0.4, -0.2) is 37.9 Å². The molecule has 5 heteroatoms. The lowest BCUT2D eigenvalue weighted by molar-refractivity contribution is -0.163. The highest BCUT2D eigenvalue weighted by Crippen LogP contribution is 2.13. The molecule has 0 aliphatic heterocycles. The van der Waals surface area contributed by atoms with Crippen LogP contribution in [0.25, 0.3) is 0 Å². The molecule has 0 aromatic rings. The maximum Gasteiger partial charge on any atom is 0.306 e. The summed E-state index contributed by atoms with van der Waals surface area (Å²) >= 11 is 0. The third-order valence-corrected chi connectivity index (χ3v) is 9.92. The van der Waals surface area contributed by atoms with Gasteiger partial charge in [-0.3, -0.25) is 9.59 Å². The van der Waals surface area contributed by atoms with Crippen LogP contribution in [-0.2, 0) is 23.8 Å². The Morgan fingerprint density at radius 2 is 0.776 bits per heavy atom. The second-order valence-electron chi connectivity index (χ2n) is 15.6. The van der Waals surface area contributed by atoms with Gasteiger partial charge in [-0.05, 0) is 89.9 Å². The van der Waals surface area contributed by atoms with Crippen molar-refractivity contribution in [3.8, 4) is 0 Å². The molecule has 0 aliphatic rings. The fourth-order valence-corrected chi connectivity index (χ4v) is 6.34. The monoisotopic (exact) mass is 807 g/mol. The van der Waals surface area contributed by atoms with Gasteiger partial charge in [-0.2, -0.15) is 0 Å². The number of hydrogen-bond acceptors (Lipinski definition) is 5. The largest absolute Gasteiger partial charge is 0.462 e. The van der Waals surface area contributed by atoms with E-state index in [1.54, 1.807) is 0 Å². The van der Waals surface area contributed by atoms with Gasteiger partial charge in [-0.15, -0.1) is 0 Å². The first-order valence-electron chi connectivity index (χ1n) is 24.1. The van der Waals surface area contributed by atoms with Crippen molar-refractivity contribution in [3.05, 3.63) is 85.1 Å². The van der Waals surface area contributed by atoms with Gasteiger partial charge >= 0.3 is 11.9 Å². The summed E-state index contributed by atoms with van der Waals surface area (Å²) in [5.74, 6) is -0.444. The molecule has 0 rings (SSSR count). The minimum Gasteiger partial charge on any atom is -0.462 e. The van der Waals surface area contributed by atoms with E-state index in [1.807, 2.05) is 0 Å². The minimum absolute atomic E-state index is 0.0558. The summed E-state index contributed by atoms with van der Waals surface area (Å²) in [5.41, 5.74) is 0. The summed E-state index contributed by atoms with van der Waals surface area (Å²) in [6, 6.07) is 0. The van der Waals surface area contributed by atoms with Crippen LogP contribution in [0.2, 0.25) is 0 Å². The van der Waals surface area contributed by atoms with Gasteiger partial charge in [0.2, 0.25) is 0 Å². The molecule has 0 aliphatic carbocycles. The highest BCUT2D eigenvalue weighted by atomic mass is 16.6. The molecule has 58 heavy (non-hydrogen) atoms. The highest BCUT2D eigenvalue weighted by Gasteiger charge is 2.17. The maximum atomic E-state index is 12.7. The Bertz CT molecular complexity index is 1090. The van der Waals surface area contributed by atoms with Gasteiger partial charge in [0.25, 0.3) is 0 Å². The van der Waals surface area contributed by atoms with Crippen molar-refractivity contribution in [1.29, 1.82) is 0 Å². The topological polar surface area (TPSA) is 61.8 Å². The lowest BCUT2D eigenvalue weighted by Gasteiger charge is -2.18. The summed E-state index contributed by atoms with van der Waals surface area (Å²) in [7, 11) is 0. The van der Waals surface area contributed by atoms with Crippen molar-refractivity contribution in [2.45, 2.75) is 219 Å². The van der Waals surface area contributed by atoms with Crippen molar-refractivity contribution < 1.29 is 23.8 Å². The van der Waals surface area contributed by atoms with Crippen LogP contribution < -0.4 is 0 Å². The summed E-state index contributed by atoms with van der Waals surface area (Å²) in [6.07, 6.45) is 63.1. The van der Waals surface area contributed by atoms with E-state index >= 15 is 0 Å². The SMILES string of the molecule is CC/C=C\C/C=C\C/C=C\C/C=C\C/C=C\C/C=C\CCCOCC(COC(=O)CCCCCCC/C=C\CCCCCC)OC(=O)CCCCCCCCCCC. The number of ether oxygens (including phenoxy) is 3. The zero-order valence-electron chi connectivity index (χ0n) is 38.0. The molecular weight excluding hydrogens is 717 g/mol. The normalized spacial score (nSPS) is 12.9. The molecule has 0 radical (unpaired) electrons. The molecule has 0 amide bonds. The van der Waals surface area contributed by atoms with Crippen LogP contribution in [0.1, 0.15) is 213 Å². The molecular formula is C53H90O5. The van der Waals surface area contributed by atoms with Crippen molar-refractivity contribution in [2.24, 2.45) is 0 Å². The van der Waals surface area contributed by atoms with Crippen molar-refractivity contribution >= 4 is 11.9 Å². The predicted octanol–water partition coefficient (Wildman–Crippen LogP) is 16.1. The van der Waals surface area contributed by atoms with E-state index in [0.29, 0.717) is 19.4 Å². The molecule has 0 bridgehead atoms. The van der Waals surface area contributed by atoms with Crippen molar-refractivity contribution in [1.82, 2.24) is 0 Å². The van der Waals surface area contributed by atoms with Crippen LogP contribution in [0.5, 0.6) is 0 Å². The number of allylic oxidation sites excluding steroid dienone is 14. The quantitative estimate of drug-likeness (QED) is 0.0349. The smallest absolute Gasteiger partial charge is 0.306 e. The molecule has 1 unspecified atom stereocenters. The third-order valence-electron chi connectivity index (χ3n) is 9.92. The van der Waals surface area contributed by atoms with Gasteiger partial charge < -0.3 is 14.2 Å². The molecule has 0 spiro atoms. The Morgan fingerprint density at radius 1 is 0.397 bits per heavy atom. The molecule has 0 fully saturated rings. The van der Waals surface area contributed by atoms with E-state index in [4.69, 9.17) is 14.2 Å². The average Bonchev–Trinajstić information content (AvgIpc) is 3.22. The van der Waals surface area contributed by atoms with Crippen molar-refractivity contribution in [2.75, 3.05) is 19.8 Å². The van der Waals surface area contributed by atoms with Gasteiger partial charge in [-0.1, -0.05) is 196 Å². The summed E-state index contributed by atoms with van der Waals surface area (Å²) in [4.78, 5) is 25.2. The van der Waals surface area contributed by atoms with Gasteiger partial charge in [0.05, 0.1) is 6.61 Å². The number of hydrogen-bond donors (Lipinski definition) is 0. The first kappa shape index (κ1) is 55.1. The Labute approximate surface area is 359 Å². The van der Waals surface area contributed by atoms with Crippen LogP contribution in [0.3, 0.4) is 0 Å². The molecule has 1 atom stereocenters. The second-order valence-corrected chi connectivity index (χ2v) is 15.6. The molecule has 0 heterocycles. The molecule has 332 valence electrons. The fraction of sp³-hybridized carbons (Fsp3) is 0.698. The van der Waals surface area contributed by atoms with E-state index < -0.39 is 6.10 Å². The fourth-order valence-electron chi connectivity index (χ4n) is 6.34. The first-order valence-corrected chi connectivity index (χ1v) is 24.1. The number of esters is 2. The van der Waals surface area contributed by atoms with E-state index in [1.165, 1.54) is 83.5 Å². The zero-order valence-corrected chi connectivity index (χ0v) is 38.0. The van der Waals surface area contributed by atoms with Gasteiger partial charge in [-0.25, -0.2) is 0 Å². The van der Waals surface area contributed by atoms with E-state index in [0.717, 1.165) is 96.3 Å². The lowest BCUT2D eigenvalue weighted by Crippen LogP contribution is -2.30. The lowest BCUT2D eigenvalue weighted by atomic mass is 10.1. The van der Waals surface area contributed by atoms with Crippen molar-refractivity contribution in [3.63, 3.8) is 0 Å². The second kappa shape index (κ2) is 48.4. The Morgan fingerprint density at radius 3 is 1.28 bits per heavy atom. The number of carbonyl (C=O) groups excluding carboxylic acids is 2. The van der Waals surface area contributed by atoms with Gasteiger partial charge in [0.1, 0.15) is 6.61 Å². The Hall–Kier alpha value is -2.92. The average molecular weight is 807 g/mol. The molecule has 5 nitrogen and oxygen atoms in total. The molecule has 0 aromatic carbocycles. The van der Waals surface area contributed by atoms with Crippen LogP contribution in [0.15, 0.2) is 85.1 Å². The number of unbranched alkanes of at least 4 members (excludes halogenated alkanes) is 18. The molecule has 0 saturated carbocycles. The van der Waals surface area contributed by atoms with Gasteiger partial charge in [0.15, 0.2) is 6.10 Å². The van der Waals surface area contributed by atoms with E-state index in [-0.39, 0.29) is 25.2 Å². The summed E-state index contributed by atoms with van der Waals surface area (Å²) in [6.45, 7) is 7.52. The first-order chi connectivity index (χ1) is 28.6. The van der Waals surface area contributed by atoms with E-state index in [2.05, 4.69) is 106 Å².